The molecule has 0 saturated heterocycles. The summed E-state index contributed by atoms with van der Waals surface area (Å²) >= 11 is 0. The summed E-state index contributed by atoms with van der Waals surface area (Å²) in [5.74, 6) is -2.11. The van der Waals surface area contributed by atoms with Gasteiger partial charge in [-0.1, -0.05) is 12.1 Å². The Hall–Kier alpha value is -2.09. The number of halogens is 3. The second-order valence-electron chi connectivity index (χ2n) is 5.26. The van der Waals surface area contributed by atoms with Gasteiger partial charge >= 0.3 is 12.1 Å². The molecule has 0 aliphatic rings. The number of carbonyl (C=O) groups is 2. The fourth-order valence-corrected chi connectivity index (χ4v) is 2.24. The number of carboxylic acids is 1. The van der Waals surface area contributed by atoms with Crippen molar-refractivity contribution in [1.82, 2.24) is 5.06 Å². The molecule has 0 heterocycles. The van der Waals surface area contributed by atoms with Crippen molar-refractivity contribution in [3.63, 3.8) is 0 Å². The van der Waals surface area contributed by atoms with Crippen molar-refractivity contribution in [2.75, 3.05) is 0 Å². The first-order valence-corrected chi connectivity index (χ1v) is 6.98. The van der Waals surface area contributed by atoms with Gasteiger partial charge in [-0.3, -0.25) is 14.8 Å². The number of hydroxylamine groups is 2. The maximum absolute atomic E-state index is 12.4. The van der Waals surface area contributed by atoms with E-state index in [1.165, 1.54) is 19.1 Å². The Morgan fingerprint density at radius 2 is 1.87 bits per heavy atom. The maximum Gasteiger partial charge on any atom is 0.416 e. The summed E-state index contributed by atoms with van der Waals surface area (Å²) in [7, 11) is 0. The summed E-state index contributed by atoms with van der Waals surface area (Å²) in [5, 5.41) is 18.7. The topological polar surface area (TPSA) is 77.8 Å². The number of amides is 1. The number of aryl methyl sites for hydroxylation is 1. The monoisotopic (exact) mass is 333 g/mol. The van der Waals surface area contributed by atoms with Gasteiger partial charge in [0.1, 0.15) is 0 Å². The average Bonchev–Trinajstić information content (AvgIpc) is 2.49. The summed E-state index contributed by atoms with van der Waals surface area (Å²) in [5.41, 5.74) is -0.0776. The number of rotatable bonds is 8. The van der Waals surface area contributed by atoms with Crippen molar-refractivity contribution >= 4 is 12.4 Å². The van der Waals surface area contributed by atoms with E-state index in [0.29, 0.717) is 23.5 Å². The van der Waals surface area contributed by atoms with E-state index in [-0.39, 0.29) is 12.8 Å². The minimum Gasteiger partial charge on any atom is -0.481 e. The Labute approximate surface area is 131 Å². The first-order valence-electron chi connectivity index (χ1n) is 6.98. The van der Waals surface area contributed by atoms with E-state index >= 15 is 0 Å². The van der Waals surface area contributed by atoms with Crippen molar-refractivity contribution in [3.8, 4) is 0 Å². The molecule has 8 heteroatoms. The fraction of sp³-hybridized carbons (Fsp3) is 0.467. The molecule has 23 heavy (non-hydrogen) atoms. The molecule has 0 radical (unpaired) electrons. The first kappa shape index (κ1) is 19.0. The van der Waals surface area contributed by atoms with Crippen LogP contribution in [0.3, 0.4) is 0 Å². The molecular weight excluding hydrogens is 315 g/mol. The second-order valence-corrected chi connectivity index (χ2v) is 5.26. The van der Waals surface area contributed by atoms with Crippen LogP contribution in [-0.2, 0) is 22.2 Å². The van der Waals surface area contributed by atoms with Crippen molar-refractivity contribution < 1.29 is 33.1 Å². The molecule has 0 bridgehead atoms. The quantitative estimate of drug-likeness (QED) is 0.435. The maximum atomic E-state index is 12.4. The van der Waals surface area contributed by atoms with Gasteiger partial charge in [-0.15, -0.1) is 0 Å². The zero-order valence-electron chi connectivity index (χ0n) is 12.5. The zero-order chi connectivity index (χ0) is 17.6. The largest absolute Gasteiger partial charge is 0.481 e. The molecule has 1 rings (SSSR count). The number of hydrogen-bond donors (Lipinski definition) is 2. The highest BCUT2D eigenvalue weighted by molar-refractivity contribution is 5.71. The van der Waals surface area contributed by atoms with E-state index in [9.17, 15) is 28.0 Å². The lowest BCUT2D eigenvalue weighted by Crippen LogP contribution is -2.39. The van der Waals surface area contributed by atoms with Crippen LogP contribution in [0.1, 0.15) is 30.9 Å². The molecule has 2 atom stereocenters. The van der Waals surface area contributed by atoms with Gasteiger partial charge in [0.15, 0.2) is 0 Å². The van der Waals surface area contributed by atoms with E-state index in [0.717, 1.165) is 12.1 Å². The smallest absolute Gasteiger partial charge is 0.416 e. The van der Waals surface area contributed by atoms with Crippen molar-refractivity contribution in [2.45, 2.75) is 38.4 Å². The van der Waals surface area contributed by atoms with E-state index in [2.05, 4.69) is 0 Å². The van der Waals surface area contributed by atoms with Gasteiger partial charge in [0.05, 0.1) is 17.5 Å². The molecule has 0 aromatic heterocycles. The van der Waals surface area contributed by atoms with Crippen molar-refractivity contribution in [2.24, 2.45) is 5.92 Å². The van der Waals surface area contributed by atoms with E-state index in [1.54, 1.807) is 0 Å². The van der Waals surface area contributed by atoms with Gasteiger partial charge < -0.3 is 5.11 Å². The van der Waals surface area contributed by atoms with E-state index in [4.69, 9.17) is 5.11 Å². The lowest BCUT2D eigenvalue weighted by molar-refractivity contribution is -0.170. The molecule has 5 nitrogen and oxygen atoms in total. The third-order valence-electron chi connectivity index (χ3n) is 3.69. The summed E-state index contributed by atoms with van der Waals surface area (Å²) in [6.45, 7) is 1.41. The summed E-state index contributed by atoms with van der Waals surface area (Å²) < 4.78 is 37.3. The van der Waals surface area contributed by atoms with Gasteiger partial charge in [0, 0.05) is 0 Å². The number of carbonyl (C=O) groups excluding carboxylic acids is 1. The first-order chi connectivity index (χ1) is 10.7. The Morgan fingerprint density at radius 1 is 1.30 bits per heavy atom. The van der Waals surface area contributed by atoms with Crippen LogP contribution in [-0.4, -0.2) is 33.8 Å². The summed E-state index contributed by atoms with van der Waals surface area (Å²) in [6.07, 6.45) is -3.26. The fourth-order valence-electron chi connectivity index (χ4n) is 2.24. The van der Waals surface area contributed by atoms with Crippen LogP contribution >= 0.6 is 0 Å². The molecule has 0 saturated carbocycles. The molecule has 1 amide bonds. The number of benzene rings is 1. The van der Waals surface area contributed by atoms with Crippen LogP contribution in [0.2, 0.25) is 0 Å². The molecule has 1 aromatic rings. The van der Waals surface area contributed by atoms with Gasteiger partial charge in [-0.05, 0) is 43.9 Å². The van der Waals surface area contributed by atoms with Gasteiger partial charge in [0.2, 0.25) is 6.41 Å². The molecule has 0 aliphatic heterocycles. The van der Waals surface area contributed by atoms with Crippen LogP contribution < -0.4 is 0 Å². The molecule has 0 fully saturated rings. The minimum atomic E-state index is -4.39. The van der Waals surface area contributed by atoms with Crippen LogP contribution in [0, 0.1) is 5.92 Å². The summed E-state index contributed by atoms with van der Waals surface area (Å²) in [4.78, 5) is 21.7. The highest BCUT2D eigenvalue weighted by atomic mass is 19.4. The Kier molecular flexibility index (Phi) is 6.56. The standard InChI is InChI=1S/C15H18F3NO4/c1-10(19(23)9-20)13(14(21)22)4-2-3-11-5-7-12(8-6-11)15(16,17)18/h5-10,13,23H,2-4H2,1H3,(H,21,22)/t10-,13+/m0/s1. The minimum absolute atomic E-state index is 0.135. The Morgan fingerprint density at radius 3 is 2.30 bits per heavy atom. The number of hydrogen-bond acceptors (Lipinski definition) is 3. The molecule has 0 aliphatic carbocycles. The molecule has 128 valence electrons. The Balaban J connectivity index is 2.60. The normalized spacial score (nSPS) is 14.1. The second kappa shape index (κ2) is 7.96. The van der Waals surface area contributed by atoms with Crippen LogP contribution in [0.5, 0.6) is 0 Å². The highest BCUT2D eigenvalue weighted by Gasteiger charge is 2.30. The molecule has 1 aromatic carbocycles. The lowest BCUT2D eigenvalue weighted by atomic mass is 9.93. The Bertz CT molecular complexity index is 531. The van der Waals surface area contributed by atoms with E-state index < -0.39 is 29.7 Å². The van der Waals surface area contributed by atoms with Gasteiger partial charge in [0.25, 0.3) is 0 Å². The number of alkyl halides is 3. The van der Waals surface area contributed by atoms with Crippen molar-refractivity contribution in [3.05, 3.63) is 35.4 Å². The number of aliphatic carboxylic acids is 1. The predicted molar refractivity (Wildman–Crippen MR) is 74.7 cm³/mol. The average molecular weight is 333 g/mol. The number of nitrogens with zero attached hydrogens (tertiary/aromatic N) is 1. The van der Waals surface area contributed by atoms with Crippen LogP contribution in [0.15, 0.2) is 24.3 Å². The zero-order valence-corrected chi connectivity index (χ0v) is 12.5. The SMILES string of the molecule is C[C@@H]([C@@H](CCCc1ccc(C(F)(F)F)cc1)C(=O)O)N(O)C=O. The summed E-state index contributed by atoms with van der Waals surface area (Å²) in [6, 6.07) is 3.78. The van der Waals surface area contributed by atoms with Crippen molar-refractivity contribution in [1.29, 1.82) is 0 Å². The van der Waals surface area contributed by atoms with Gasteiger partial charge in [-0.2, -0.15) is 13.2 Å². The number of carboxylic acid groups (broad SMARTS) is 1. The molecule has 2 N–H and O–H groups in total. The lowest BCUT2D eigenvalue weighted by Gasteiger charge is -2.24. The van der Waals surface area contributed by atoms with Crippen LogP contribution in [0.25, 0.3) is 0 Å². The van der Waals surface area contributed by atoms with Gasteiger partial charge in [-0.25, -0.2) is 5.06 Å². The highest BCUT2D eigenvalue weighted by Crippen LogP contribution is 2.29. The third kappa shape index (κ3) is 5.55. The third-order valence-corrected chi connectivity index (χ3v) is 3.69. The predicted octanol–water partition coefficient (Wildman–Crippen LogP) is 2.97. The van der Waals surface area contributed by atoms with Crippen LogP contribution in [0.4, 0.5) is 13.2 Å². The van der Waals surface area contributed by atoms with E-state index in [1.807, 2.05) is 0 Å². The molecular formula is C15H18F3NO4. The molecule has 0 unspecified atom stereocenters. The molecule has 0 spiro atoms.